The molecule has 17 nitrogen and oxygen atoms in total. The molecule has 17 heteroatoms. The molecule has 4 rings (SSSR count). The van der Waals surface area contributed by atoms with Crippen LogP contribution in [-0.2, 0) is 41.6 Å². The van der Waals surface area contributed by atoms with E-state index in [9.17, 15) is 39.0 Å². The van der Waals surface area contributed by atoms with Crippen molar-refractivity contribution in [2.75, 3.05) is 19.6 Å². The van der Waals surface area contributed by atoms with E-state index >= 15 is 0 Å². The second-order valence-corrected chi connectivity index (χ2v) is 12.9. The van der Waals surface area contributed by atoms with E-state index < -0.39 is 65.8 Å². The molecule has 0 radical (unpaired) electrons. The second-order valence-electron chi connectivity index (χ2n) is 12.9. The fraction of sp³-hybridized carbons (Fsp3) is 0.417. The number of aliphatic imine (C=N–C) groups is 1. The smallest absolute Gasteiger partial charge is 0.251 e. The first kappa shape index (κ1) is 39.8. The van der Waals surface area contributed by atoms with Crippen LogP contribution in [0.15, 0.2) is 71.7 Å². The van der Waals surface area contributed by atoms with Gasteiger partial charge in [-0.05, 0) is 55.4 Å². The van der Waals surface area contributed by atoms with Crippen LogP contribution in [0.25, 0.3) is 0 Å². The quantitative estimate of drug-likeness (QED) is 0.0552. The zero-order chi connectivity index (χ0) is 38.3. The van der Waals surface area contributed by atoms with Gasteiger partial charge in [0.1, 0.15) is 23.9 Å². The second kappa shape index (κ2) is 19.6. The van der Waals surface area contributed by atoms with Crippen LogP contribution in [0.5, 0.6) is 5.75 Å². The van der Waals surface area contributed by atoms with Crippen molar-refractivity contribution >= 4 is 41.9 Å². The summed E-state index contributed by atoms with van der Waals surface area (Å²) in [5.41, 5.74) is 12.3. The minimum Gasteiger partial charge on any atom is -0.508 e. The average Bonchev–Trinajstić information content (AvgIpc) is 3.64. The van der Waals surface area contributed by atoms with Crippen LogP contribution < -0.4 is 38.1 Å². The van der Waals surface area contributed by atoms with Crippen LogP contribution in [0.4, 0.5) is 0 Å². The number of benzene rings is 2. The Labute approximate surface area is 306 Å². The molecule has 2 aliphatic rings. The third-order valence-electron chi connectivity index (χ3n) is 8.95. The first-order chi connectivity index (χ1) is 25.4. The molecule has 6 amide bonds. The molecule has 0 saturated carbocycles. The summed E-state index contributed by atoms with van der Waals surface area (Å²) in [5, 5.41) is 34.4. The Morgan fingerprint density at radius 2 is 1.64 bits per heavy atom. The molecule has 2 aromatic rings. The lowest BCUT2D eigenvalue weighted by atomic mass is 10.0. The molecule has 1 fully saturated rings. The number of rotatable bonds is 10. The molecule has 6 atom stereocenters. The summed E-state index contributed by atoms with van der Waals surface area (Å²) in [6.07, 6.45) is 2.35. The van der Waals surface area contributed by atoms with Crippen molar-refractivity contribution in [1.82, 2.24) is 31.5 Å². The number of nitrogens with one attached hydrogen (secondary N) is 5. The van der Waals surface area contributed by atoms with Gasteiger partial charge in [-0.1, -0.05) is 48.5 Å². The predicted molar refractivity (Wildman–Crippen MR) is 194 cm³/mol. The number of phenols is 1. The average molecular weight is 734 g/mol. The number of carbonyl (C=O) groups excluding carboxylic acids is 6. The Balaban J connectivity index is 1.71. The van der Waals surface area contributed by atoms with Crippen molar-refractivity contribution in [1.29, 1.82) is 0 Å². The Bertz CT molecular complexity index is 1650. The van der Waals surface area contributed by atoms with Gasteiger partial charge in [0, 0.05) is 32.1 Å². The Hall–Kier alpha value is -5.97. The Morgan fingerprint density at radius 3 is 2.34 bits per heavy atom. The van der Waals surface area contributed by atoms with E-state index in [-0.39, 0.29) is 63.4 Å². The van der Waals surface area contributed by atoms with Gasteiger partial charge in [-0.3, -0.25) is 33.8 Å². The Kier molecular flexibility index (Phi) is 14.7. The third-order valence-corrected chi connectivity index (χ3v) is 8.95. The maximum absolute atomic E-state index is 14.0. The number of hydrogen-bond donors (Lipinski definition) is 9. The first-order valence-electron chi connectivity index (χ1n) is 17.4. The summed E-state index contributed by atoms with van der Waals surface area (Å²) >= 11 is 0. The van der Waals surface area contributed by atoms with Crippen LogP contribution in [0.2, 0.25) is 0 Å². The molecule has 0 aliphatic carbocycles. The highest BCUT2D eigenvalue weighted by atomic mass is 16.3. The molecule has 6 unspecified atom stereocenters. The van der Waals surface area contributed by atoms with Crippen molar-refractivity contribution in [3.05, 3.63) is 77.9 Å². The fourth-order valence-corrected chi connectivity index (χ4v) is 6.21. The number of fused-ring (bicyclic) bond motifs is 1. The monoisotopic (exact) mass is 733 g/mol. The number of amides is 6. The number of nitrogens with zero attached hydrogens (tertiary/aromatic N) is 2. The SMILES string of the molecule is NC(N)=NCCCC1NC(=O)C2CCCN2C(=O)C(NC=O)CNC(=O)C=CC(Cc2ccc(O)cc2)NC(=O)C(Cc2ccccc2)NC(=O)C1O. The van der Waals surface area contributed by atoms with E-state index in [1.54, 1.807) is 42.5 Å². The van der Waals surface area contributed by atoms with Crippen LogP contribution in [0.1, 0.15) is 36.8 Å². The highest BCUT2D eigenvalue weighted by molar-refractivity contribution is 5.94. The van der Waals surface area contributed by atoms with Gasteiger partial charge in [0.25, 0.3) is 5.91 Å². The molecule has 1 saturated heterocycles. The van der Waals surface area contributed by atoms with Crippen LogP contribution in [-0.4, -0.2) is 113 Å². The van der Waals surface area contributed by atoms with Gasteiger partial charge < -0.3 is 53.2 Å². The topological polar surface area (TPSA) is 271 Å². The van der Waals surface area contributed by atoms with Crippen LogP contribution >= 0.6 is 0 Å². The summed E-state index contributed by atoms with van der Waals surface area (Å²) in [5.74, 6) is -3.56. The highest BCUT2D eigenvalue weighted by Gasteiger charge is 2.39. The highest BCUT2D eigenvalue weighted by Crippen LogP contribution is 2.20. The molecule has 0 spiro atoms. The van der Waals surface area contributed by atoms with Crippen molar-refractivity contribution in [2.24, 2.45) is 16.5 Å². The molecular formula is C36H47N9O8. The lowest BCUT2D eigenvalue weighted by Crippen LogP contribution is -2.59. The zero-order valence-electron chi connectivity index (χ0n) is 29.1. The summed E-state index contributed by atoms with van der Waals surface area (Å²) in [7, 11) is 0. The van der Waals surface area contributed by atoms with E-state index in [2.05, 4.69) is 31.6 Å². The van der Waals surface area contributed by atoms with Gasteiger partial charge in [-0.15, -0.1) is 0 Å². The largest absolute Gasteiger partial charge is 0.508 e. The van der Waals surface area contributed by atoms with Crippen LogP contribution in [0.3, 0.4) is 0 Å². The van der Waals surface area contributed by atoms with E-state index in [1.165, 1.54) is 29.2 Å². The summed E-state index contributed by atoms with van der Waals surface area (Å²) in [6.45, 7) is 0.0228. The lowest BCUT2D eigenvalue weighted by molar-refractivity contribution is -0.142. The van der Waals surface area contributed by atoms with Crippen molar-refractivity contribution < 1.29 is 39.0 Å². The maximum atomic E-state index is 14.0. The zero-order valence-corrected chi connectivity index (χ0v) is 29.1. The minimum atomic E-state index is -1.84. The number of aromatic hydroxyl groups is 1. The van der Waals surface area contributed by atoms with E-state index in [0.717, 1.165) is 0 Å². The van der Waals surface area contributed by atoms with Gasteiger partial charge in [-0.2, -0.15) is 0 Å². The number of hydrogen-bond acceptors (Lipinski definition) is 9. The van der Waals surface area contributed by atoms with Crippen molar-refractivity contribution in [2.45, 2.75) is 74.8 Å². The number of aliphatic hydroxyl groups is 1. The molecule has 2 heterocycles. The summed E-state index contributed by atoms with van der Waals surface area (Å²) in [4.78, 5) is 84.7. The predicted octanol–water partition coefficient (Wildman–Crippen LogP) is -2.16. The molecular weight excluding hydrogens is 686 g/mol. The van der Waals surface area contributed by atoms with Gasteiger partial charge in [0.2, 0.25) is 30.0 Å². The molecule has 2 aromatic carbocycles. The van der Waals surface area contributed by atoms with Crippen molar-refractivity contribution in [3.8, 4) is 5.75 Å². The number of guanidine groups is 1. The van der Waals surface area contributed by atoms with Crippen LogP contribution in [0, 0.1) is 0 Å². The number of phenolic OH excluding ortho intramolecular Hbond substituents is 1. The number of nitrogens with two attached hydrogens (primary N) is 2. The maximum Gasteiger partial charge on any atom is 0.251 e. The number of carbonyl (C=O) groups is 6. The molecule has 53 heavy (non-hydrogen) atoms. The molecule has 284 valence electrons. The van der Waals surface area contributed by atoms with E-state index in [1.807, 2.05) is 0 Å². The molecule has 0 bridgehead atoms. The molecule has 0 aromatic heterocycles. The third kappa shape index (κ3) is 12.1. The van der Waals surface area contributed by atoms with Gasteiger partial charge in [0.15, 0.2) is 12.1 Å². The van der Waals surface area contributed by atoms with E-state index in [0.29, 0.717) is 24.0 Å². The number of aliphatic hydroxyl groups excluding tert-OH is 1. The first-order valence-corrected chi connectivity index (χ1v) is 17.4. The molecule has 2 aliphatic heterocycles. The molecule has 11 N–H and O–H groups in total. The summed E-state index contributed by atoms with van der Waals surface area (Å²) < 4.78 is 0. The van der Waals surface area contributed by atoms with Crippen molar-refractivity contribution in [3.63, 3.8) is 0 Å². The normalized spacial score (nSPS) is 24.6. The van der Waals surface area contributed by atoms with Gasteiger partial charge in [0.05, 0.1) is 12.1 Å². The van der Waals surface area contributed by atoms with Gasteiger partial charge >= 0.3 is 0 Å². The fourth-order valence-electron chi connectivity index (χ4n) is 6.21. The lowest BCUT2D eigenvalue weighted by Gasteiger charge is -2.31. The minimum absolute atomic E-state index is 0.0348. The van der Waals surface area contributed by atoms with E-state index in [4.69, 9.17) is 11.5 Å². The summed E-state index contributed by atoms with van der Waals surface area (Å²) in [6, 6.07) is 9.76. The van der Waals surface area contributed by atoms with Gasteiger partial charge in [-0.25, -0.2) is 0 Å². The standard InChI is InChI=1S/C36H47N9O8/c37-36(38)39-16-4-8-26-31(49)34(52)44-27(19-22-6-2-1-3-7-22)32(50)42-24(18-23-10-13-25(47)14-11-23)12-15-30(48)40-20-28(41-21-46)35(53)45-17-5-9-29(45)33(51)43-26/h1-3,6-7,10-15,21,24,26-29,31,47,49H,4-5,8-9,16-20H2,(H,40,48)(H,41,46)(H,42,50)(H,43,51)(H,44,52)(H4,37,38,39). The Morgan fingerprint density at radius 1 is 0.925 bits per heavy atom.